The average molecular weight is 489 g/mol. The van der Waals surface area contributed by atoms with E-state index in [0.29, 0.717) is 49.3 Å². The predicted molar refractivity (Wildman–Crippen MR) is 137 cm³/mol. The average Bonchev–Trinajstić information content (AvgIpc) is 3.53. The summed E-state index contributed by atoms with van der Waals surface area (Å²) in [5.74, 6) is 3.01. The normalized spacial score (nSPS) is 15.9. The summed E-state index contributed by atoms with van der Waals surface area (Å²) in [5.41, 5.74) is 9.22. The molecule has 1 spiro atoms. The Bertz CT molecular complexity index is 1260. The largest absolute Gasteiger partial charge is 0.493 e. The van der Waals surface area contributed by atoms with E-state index < -0.39 is 0 Å². The van der Waals surface area contributed by atoms with Gasteiger partial charge in [-0.3, -0.25) is 4.79 Å². The van der Waals surface area contributed by atoms with Crippen LogP contribution >= 0.6 is 0 Å². The Labute approximate surface area is 211 Å². The highest BCUT2D eigenvalue weighted by molar-refractivity contribution is 5.91. The van der Waals surface area contributed by atoms with Gasteiger partial charge in [0, 0.05) is 30.6 Å². The molecule has 7 heteroatoms. The number of carbonyl (C=O) groups excluding carboxylic acids is 1. The molecule has 1 aromatic heterocycles. The Hall–Kier alpha value is -3.71. The summed E-state index contributed by atoms with van der Waals surface area (Å²) >= 11 is 0. The minimum atomic E-state index is -0.0997. The molecule has 0 aliphatic carbocycles. The molecule has 188 valence electrons. The van der Waals surface area contributed by atoms with Crippen LogP contribution in [-0.4, -0.2) is 37.6 Å². The van der Waals surface area contributed by atoms with Gasteiger partial charge in [0.05, 0.1) is 13.7 Å². The number of amides is 1. The van der Waals surface area contributed by atoms with E-state index in [4.69, 9.17) is 24.4 Å². The van der Waals surface area contributed by atoms with Gasteiger partial charge in [-0.15, -0.1) is 6.58 Å². The third kappa shape index (κ3) is 4.58. The van der Waals surface area contributed by atoms with E-state index in [1.165, 1.54) is 5.56 Å². The molecule has 2 aliphatic heterocycles. The number of allylic oxidation sites excluding steroid dienone is 1. The summed E-state index contributed by atoms with van der Waals surface area (Å²) in [6.45, 7) is 6.42. The Balaban J connectivity index is 1.20. The van der Waals surface area contributed by atoms with Gasteiger partial charge in [-0.25, -0.2) is 0 Å². The minimum Gasteiger partial charge on any atom is -0.493 e. The maximum absolute atomic E-state index is 13.2. The van der Waals surface area contributed by atoms with Gasteiger partial charge in [0.2, 0.25) is 0 Å². The number of likely N-dealkylation sites (tertiary alicyclic amines) is 1. The van der Waals surface area contributed by atoms with Crippen molar-refractivity contribution in [3.05, 3.63) is 89.4 Å². The van der Waals surface area contributed by atoms with Crippen molar-refractivity contribution in [1.82, 2.24) is 4.90 Å². The number of rotatable bonds is 8. The van der Waals surface area contributed by atoms with Crippen LogP contribution in [-0.2, 0) is 25.0 Å². The van der Waals surface area contributed by atoms with E-state index >= 15 is 0 Å². The Kier molecular flexibility index (Phi) is 6.74. The number of benzene rings is 2. The second-order valence-corrected chi connectivity index (χ2v) is 9.43. The molecule has 2 aromatic carbocycles. The fourth-order valence-corrected chi connectivity index (χ4v) is 5.09. The third-order valence-electron chi connectivity index (χ3n) is 7.21. The molecule has 1 fully saturated rings. The van der Waals surface area contributed by atoms with Gasteiger partial charge in [-0.1, -0.05) is 24.3 Å². The Morgan fingerprint density at radius 1 is 1.11 bits per heavy atom. The summed E-state index contributed by atoms with van der Waals surface area (Å²) in [6, 6.07) is 15.5. The highest BCUT2D eigenvalue weighted by Gasteiger charge is 2.44. The van der Waals surface area contributed by atoms with Gasteiger partial charge in [0.25, 0.3) is 5.91 Å². The molecule has 1 saturated heterocycles. The molecule has 2 aliphatic rings. The number of fused-ring (bicyclic) bond motifs is 2. The molecular weight excluding hydrogens is 456 g/mol. The maximum atomic E-state index is 13.2. The summed E-state index contributed by atoms with van der Waals surface area (Å²) in [5, 5.41) is 0. The summed E-state index contributed by atoms with van der Waals surface area (Å²) in [7, 11) is 1.61. The zero-order valence-corrected chi connectivity index (χ0v) is 20.6. The Morgan fingerprint density at radius 2 is 1.92 bits per heavy atom. The van der Waals surface area contributed by atoms with Crippen molar-refractivity contribution in [2.24, 2.45) is 5.73 Å². The van der Waals surface area contributed by atoms with E-state index in [-0.39, 0.29) is 17.9 Å². The van der Waals surface area contributed by atoms with Crippen LogP contribution in [0.2, 0.25) is 0 Å². The third-order valence-corrected chi connectivity index (χ3v) is 7.21. The fraction of sp³-hybridized carbons (Fsp3) is 0.345. The van der Waals surface area contributed by atoms with Crippen LogP contribution < -0.4 is 19.9 Å². The molecule has 0 unspecified atom stereocenters. The molecule has 3 aromatic rings. The van der Waals surface area contributed by atoms with Crippen molar-refractivity contribution in [2.45, 2.75) is 37.8 Å². The van der Waals surface area contributed by atoms with Crippen LogP contribution in [0, 0.1) is 0 Å². The van der Waals surface area contributed by atoms with E-state index in [1.807, 2.05) is 41.3 Å². The van der Waals surface area contributed by atoms with Crippen molar-refractivity contribution in [1.29, 1.82) is 0 Å². The van der Waals surface area contributed by atoms with Crippen LogP contribution in [0.3, 0.4) is 0 Å². The second kappa shape index (κ2) is 10.1. The topological polar surface area (TPSA) is 87.2 Å². The fourth-order valence-electron chi connectivity index (χ4n) is 5.09. The summed E-state index contributed by atoms with van der Waals surface area (Å²) < 4.78 is 23.2. The number of nitrogens with two attached hydrogens (primary N) is 1. The maximum Gasteiger partial charge on any atom is 0.289 e. The predicted octanol–water partition coefficient (Wildman–Crippen LogP) is 4.62. The van der Waals surface area contributed by atoms with Gasteiger partial charge in [-0.05, 0) is 60.7 Å². The molecule has 36 heavy (non-hydrogen) atoms. The van der Waals surface area contributed by atoms with Crippen LogP contribution in [0.4, 0.5) is 0 Å². The zero-order valence-electron chi connectivity index (χ0n) is 20.6. The Morgan fingerprint density at radius 3 is 2.67 bits per heavy atom. The van der Waals surface area contributed by atoms with E-state index in [1.54, 1.807) is 19.2 Å². The lowest BCUT2D eigenvalue weighted by Crippen LogP contribution is -2.46. The van der Waals surface area contributed by atoms with Crippen molar-refractivity contribution in [2.75, 3.05) is 26.8 Å². The lowest BCUT2D eigenvalue weighted by atomic mass is 9.74. The molecule has 3 heterocycles. The molecule has 0 bridgehead atoms. The minimum absolute atomic E-state index is 0.0558. The van der Waals surface area contributed by atoms with Gasteiger partial charge in [-0.2, -0.15) is 0 Å². The molecule has 0 atom stereocenters. The van der Waals surface area contributed by atoms with Crippen LogP contribution in [0.25, 0.3) is 0 Å². The SMILES string of the molecule is C=CCc1ccc(OCc2ccc(C(=O)N3CCC4(CC3)COc3ccc(CN)cc34)o2)c(OC)c1. The number of ether oxygens (including phenoxy) is 3. The zero-order chi connectivity index (χ0) is 25.1. The number of hydrogen-bond donors (Lipinski definition) is 1. The van der Waals surface area contributed by atoms with Gasteiger partial charge in [0.15, 0.2) is 17.3 Å². The lowest BCUT2D eigenvalue weighted by molar-refractivity contribution is 0.0611. The quantitative estimate of drug-likeness (QED) is 0.466. The smallest absolute Gasteiger partial charge is 0.289 e. The van der Waals surface area contributed by atoms with Gasteiger partial charge < -0.3 is 29.3 Å². The molecule has 0 radical (unpaired) electrons. The molecule has 2 N–H and O–H groups in total. The first-order valence-corrected chi connectivity index (χ1v) is 12.3. The summed E-state index contributed by atoms with van der Waals surface area (Å²) in [4.78, 5) is 15.0. The number of piperidine rings is 1. The number of furan rings is 1. The van der Waals surface area contributed by atoms with E-state index in [9.17, 15) is 4.79 Å². The first kappa shape index (κ1) is 24.0. The van der Waals surface area contributed by atoms with Crippen molar-refractivity contribution in [3.8, 4) is 17.2 Å². The van der Waals surface area contributed by atoms with Crippen LogP contribution in [0.1, 0.15) is 45.8 Å². The molecule has 7 nitrogen and oxygen atoms in total. The molecular formula is C29H32N2O5. The van der Waals surface area contributed by atoms with E-state index in [2.05, 4.69) is 12.6 Å². The second-order valence-electron chi connectivity index (χ2n) is 9.43. The summed E-state index contributed by atoms with van der Waals surface area (Å²) in [6.07, 6.45) is 4.29. The lowest BCUT2D eigenvalue weighted by Gasteiger charge is -2.38. The number of hydrogen-bond acceptors (Lipinski definition) is 6. The van der Waals surface area contributed by atoms with Crippen molar-refractivity contribution in [3.63, 3.8) is 0 Å². The molecule has 5 rings (SSSR count). The van der Waals surface area contributed by atoms with Crippen molar-refractivity contribution < 1.29 is 23.4 Å². The monoisotopic (exact) mass is 488 g/mol. The van der Waals surface area contributed by atoms with E-state index in [0.717, 1.165) is 36.1 Å². The first-order chi connectivity index (χ1) is 17.5. The van der Waals surface area contributed by atoms with Crippen molar-refractivity contribution >= 4 is 5.91 Å². The van der Waals surface area contributed by atoms with Crippen LogP contribution in [0.15, 0.2) is 65.6 Å². The standard InChI is InChI=1S/C29H32N2O5/c1-3-4-20-5-9-25(27(16-20)33-2)34-18-22-7-10-26(36-22)28(32)31-13-11-29(12-14-31)19-35-24-8-6-21(17-30)15-23(24)29/h3,5-10,15-16H,1,4,11-14,17-19,30H2,2H3. The molecule has 1 amide bonds. The van der Waals surface area contributed by atoms with Crippen LogP contribution in [0.5, 0.6) is 17.2 Å². The van der Waals surface area contributed by atoms with Gasteiger partial charge in [0.1, 0.15) is 18.1 Å². The first-order valence-electron chi connectivity index (χ1n) is 12.3. The van der Waals surface area contributed by atoms with Gasteiger partial charge >= 0.3 is 0 Å². The number of nitrogens with zero attached hydrogens (tertiary/aromatic N) is 1. The molecule has 0 saturated carbocycles. The highest BCUT2D eigenvalue weighted by atomic mass is 16.5. The number of methoxy groups -OCH3 is 1. The highest BCUT2D eigenvalue weighted by Crippen LogP contribution is 2.46. The number of carbonyl (C=O) groups is 1.